The summed E-state index contributed by atoms with van der Waals surface area (Å²) in [5, 5.41) is 0.555. The van der Waals surface area contributed by atoms with Crippen molar-refractivity contribution in [3.05, 3.63) is 23.5 Å². The van der Waals surface area contributed by atoms with E-state index in [1.807, 2.05) is 19.2 Å². The first-order chi connectivity index (χ1) is 8.02. The maximum atomic E-state index is 11.9. The largest absolute Gasteiger partial charge is 0.378 e. The number of hydrogen-bond donors (Lipinski definition) is 0. The summed E-state index contributed by atoms with van der Waals surface area (Å²) in [5.41, 5.74) is 1.92. The van der Waals surface area contributed by atoms with E-state index in [0.29, 0.717) is 10.8 Å². The molecule has 2 aliphatic rings. The number of likely N-dealkylation sites (N-methyl/N-ethyl adjacent to an activating group) is 2. The van der Waals surface area contributed by atoms with Crippen LogP contribution >= 0.6 is 12.2 Å². The van der Waals surface area contributed by atoms with Gasteiger partial charge < -0.3 is 9.80 Å². The van der Waals surface area contributed by atoms with Gasteiger partial charge in [0.25, 0.3) is 5.91 Å². The van der Waals surface area contributed by atoms with Gasteiger partial charge in [-0.3, -0.25) is 9.69 Å². The lowest BCUT2D eigenvalue weighted by Crippen LogP contribution is -2.26. The summed E-state index contributed by atoms with van der Waals surface area (Å²) >= 11 is 5.15. The zero-order valence-corrected chi connectivity index (χ0v) is 11.3. The summed E-state index contributed by atoms with van der Waals surface area (Å²) in [7, 11) is 5.61. The Morgan fingerprint density at radius 1 is 1.18 bits per heavy atom. The first kappa shape index (κ1) is 12.1. The van der Waals surface area contributed by atoms with Crippen molar-refractivity contribution in [2.24, 2.45) is 0 Å². The summed E-state index contributed by atoms with van der Waals surface area (Å²) in [6.45, 7) is 1.09. The van der Waals surface area contributed by atoms with E-state index in [1.165, 1.54) is 17.0 Å². The molecule has 5 heteroatoms. The molecule has 0 saturated carbocycles. The second kappa shape index (κ2) is 4.49. The molecule has 2 heterocycles. The lowest BCUT2D eigenvalue weighted by Gasteiger charge is -2.12. The molecule has 0 spiro atoms. The van der Waals surface area contributed by atoms with Crippen molar-refractivity contribution in [3.8, 4) is 0 Å². The summed E-state index contributed by atoms with van der Waals surface area (Å²) < 4.78 is 0. The molecule has 2 saturated heterocycles. The van der Waals surface area contributed by atoms with E-state index in [9.17, 15) is 4.79 Å². The quantitative estimate of drug-likeness (QED) is 0.516. The normalized spacial score (nSPS) is 25.9. The van der Waals surface area contributed by atoms with Crippen molar-refractivity contribution in [3.63, 3.8) is 0 Å². The second-order valence-electron chi connectivity index (χ2n) is 4.44. The first-order valence-corrected chi connectivity index (χ1v) is 6.11. The highest BCUT2D eigenvalue weighted by molar-refractivity contribution is 7.80. The molecule has 2 aliphatic heterocycles. The molecular formula is C12H17N3OS. The van der Waals surface area contributed by atoms with Crippen molar-refractivity contribution in [1.29, 1.82) is 0 Å². The third kappa shape index (κ3) is 2.07. The average Bonchev–Trinajstić information content (AvgIpc) is 2.78. The van der Waals surface area contributed by atoms with Gasteiger partial charge in [-0.25, -0.2) is 0 Å². The lowest BCUT2D eigenvalue weighted by molar-refractivity contribution is -0.121. The van der Waals surface area contributed by atoms with Crippen LogP contribution in [-0.2, 0) is 4.79 Å². The van der Waals surface area contributed by atoms with Gasteiger partial charge in [0.2, 0.25) is 0 Å². The highest BCUT2D eigenvalue weighted by Gasteiger charge is 2.32. The molecule has 0 bridgehead atoms. The van der Waals surface area contributed by atoms with E-state index < -0.39 is 0 Å². The number of carbonyl (C=O) groups is 1. The fraction of sp³-hybridized carbons (Fsp3) is 0.500. The van der Waals surface area contributed by atoms with E-state index in [0.717, 1.165) is 13.0 Å². The monoisotopic (exact) mass is 251 g/mol. The average molecular weight is 251 g/mol. The molecule has 2 fully saturated rings. The van der Waals surface area contributed by atoms with E-state index in [-0.39, 0.29) is 5.91 Å². The summed E-state index contributed by atoms with van der Waals surface area (Å²) in [6.07, 6.45) is 6.17. The lowest BCUT2D eigenvalue weighted by atomic mass is 10.2. The summed E-state index contributed by atoms with van der Waals surface area (Å²) in [4.78, 5) is 17.4. The van der Waals surface area contributed by atoms with E-state index in [2.05, 4.69) is 11.9 Å². The topological polar surface area (TPSA) is 26.8 Å². The number of nitrogens with zero attached hydrogens (tertiary/aromatic N) is 3. The van der Waals surface area contributed by atoms with Crippen LogP contribution in [0.15, 0.2) is 23.5 Å². The molecule has 1 amide bonds. The van der Waals surface area contributed by atoms with Crippen molar-refractivity contribution < 1.29 is 4.79 Å². The summed E-state index contributed by atoms with van der Waals surface area (Å²) in [5.74, 6) is -0.0324. The first-order valence-electron chi connectivity index (χ1n) is 5.70. The molecule has 0 aromatic carbocycles. The molecule has 2 rings (SSSR count). The fourth-order valence-electron chi connectivity index (χ4n) is 2.13. The number of likely N-dealkylation sites (tertiary alicyclic amines) is 1. The molecule has 0 aromatic rings. The van der Waals surface area contributed by atoms with E-state index in [1.54, 1.807) is 11.9 Å². The smallest absolute Gasteiger partial charge is 0.276 e. The van der Waals surface area contributed by atoms with Crippen LogP contribution in [0.1, 0.15) is 12.8 Å². The third-order valence-electron chi connectivity index (χ3n) is 3.31. The number of allylic oxidation sites excluding steroid dienone is 3. The Hall–Kier alpha value is -1.36. The molecule has 0 atom stereocenters. The van der Waals surface area contributed by atoms with E-state index in [4.69, 9.17) is 12.2 Å². The predicted octanol–water partition coefficient (Wildman–Crippen LogP) is 1.17. The van der Waals surface area contributed by atoms with Crippen molar-refractivity contribution >= 4 is 23.2 Å². The number of hydrogen-bond acceptors (Lipinski definition) is 3. The van der Waals surface area contributed by atoms with Crippen molar-refractivity contribution in [1.82, 2.24) is 14.7 Å². The molecule has 0 N–H and O–H groups in total. The Morgan fingerprint density at radius 3 is 2.35 bits per heavy atom. The zero-order valence-electron chi connectivity index (χ0n) is 10.4. The minimum Gasteiger partial charge on any atom is -0.378 e. The van der Waals surface area contributed by atoms with Crippen LogP contribution in [0, 0.1) is 0 Å². The van der Waals surface area contributed by atoms with Crippen LogP contribution in [0.25, 0.3) is 0 Å². The summed E-state index contributed by atoms with van der Waals surface area (Å²) in [6, 6.07) is 0. The van der Waals surface area contributed by atoms with Gasteiger partial charge in [-0.15, -0.1) is 0 Å². The Kier molecular flexibility index (Phi) is 3.19. The molecule has 92 valence electrons. The van der Waals surface area contributed by atoms with Crippen LogP contribution in [-0.4, -0.2) is 53.4 Å². The molecular weight excluding hydrogens is 234 g/mol. The van der Waals surface area contributed by atoms with Gasteiger partial charge in [-0.2, -0.15) is 0 Å². The number of rotatable bonds is 1. The van der Waals surface area contributed by atoms with E-state index >= 15 is 0 Å². The maximum absolute atomic E-state index is 11.9. The van der Waals surface area contributed by atoms with Crippen molar-refractivity contribution in [2.45, 2.75) is 12.8 Å². The minimum atomic E-state index is -0.0324. The van der Waals surface area contributed by atoms with Gasteiger partial charge in [0, 0.05) is 33.4 Å². The predicted molar refractivity (Wildman–Crippen MR) is 71.2 cm³/mol. The Balaban J connectivity index is 2.23. The zero-order chi connectivity index (χ0) is 12.6. The maximum Gasteiger partial charge on any atom is 0.276 e. The standard InChI is InChI=1S/C12H17N3OS/c1-13-8-4-5-9(13)6-7-10-11(16)15(3)12(17)14(10)2/h6-7H,4-5,8H2,1-3H3/b9-6?,10-7-. The van der Waals surface area contributed by atoms with Crippen LogP contribution in [0.2, 0.25) is 0 Å². The third-order valence-corrected chi connectivity index (χ3v) is 3.86. The van der Waals surface area contributed by atoms with Gasteiger partial charge in [-0.1, -0.05) is 0 Å². The number of amides is 1. The van der Waals surface area contributed by atoms with Crippen molar-refractivity contribution in [2.75, 3.05) is 27.7 Å². The molecule has 0 unspecified atom stereocenters. The van der Waals surface area contributed by atoms with Crippen LogP contribution < -0.4 is 0 Å². The Morgan fingerprint density at radius 2 is 1.88 bits per heavy atom. The van der Waals surface area contributed by atoms with Gasteiger partial charge in [0.05, 0.1) is 0 Å². The Bertz CT molecular complexity index is 427. The SMILES string of the molecule is CN1CCCC1=C/C=C1/C(=O)N(C)C(=S)N1C. The highest BCUT2D eigenvalue weighted by Crippen LogP contribution is 2.21. The molecule has 4 nitrogen and oxygen atoms in total. The van der Waals surface area contributed by atoms with Crippen LogP contribution in [0.4, 0.5) is 0 Å². The molecule has 0 aromatic heterocycles. The number of thiocarbonyl (C=S) groups is 1. The molecule has 0 aliphatic carbocycles. The van der Waals surface area contributed by atoms with Gasteiger partial charge in [0.15, 0.2) is 5.11 Å². The molecule has 0 radical (unpaired) electrons. The van der Waals surface area contributed by atoms with Crippen LogP contribution in [0.3, 0.4) is 0 Å². The minimum absolute atomic E-state index is 0.0324. The molecule has 17 heavy (non-hydrogen) atoms. The fourth-order valence-corrected chi connectivity index (χ4v) is 2.31. The van der Waals surface area contributed by atoms with Gasteiger partial charge >= 0.3 is 0 Å². The highest BCUT2D eigenvalue weighted by atomic mass is 32.1. The second-order valence-corrected chi connectivity index (χ2v) is 4.81. The van der Waals surface area contributed by atoms with Crippen LogP contribution in [0.5, 0.6) is 0 Å². The van der Waals surface area contributed by atoms with Gasteiger partial charge in [0.1, 0.15) is 5.70 Å². The number of carbonyl (C=O) groups excluding carboxylic acids is 1. The van der Waals surface area contributed by atoms with Gasteiger partial charge in [-0.05, 0) is 37.2 Å². The Labute approximate surface area is 107 Å².